The summed E-state index contributed by atoms with van der Waals surface area (Å²) in [5.74, 6) is -1.40. The third-order valence-electron chi connectivity index (χ3n) is 1.79. The van der Waals surface area contributed by atoms with Gasteiger partial charge < -0.3 is 10.8 Å². The zero-order valence-corrected chi connectivity index (χ0v) is 5.91. The predicted molar refractivity (Wildman–Crippen MR) is 36.8 cm³/mol. The topological polar surface area (TPSA) is 92.4 Å². The van der Waals surface area contributed by atoms with Crippen molar-refractivity contribution in [3.63, 3.8) is 0 Å². The smallest absolute Gasteiger partial charge is 0.320 e. The van der Waals surface area contributed by atoms with E-state index < -0.39 is 24.0 Å². The number of amides is 1. The molecule has 0 bridgehead atoms. The molecule has 1 fully saturated rings. The molecule has 0 aromatic carbocycles. The second-order valence-electron chi connectivity index (χ2n) is 2.59. The van der Waals surface area contributed by atoms with E-state index in [1.54, 1.807) is 0 Å². The summed E-state index contributed by atoms with van der Waals surface area (Å²) in [5, 5.41) is 11.1. The van der Waals surface area contributed by atoms with Crippen LogP contribution in [0.4, 0.5) is 0 Å². The Balaban J connectivity index is 2.47. The first-order valence-electron chi connectivity index (χ1n) is 3.39. The highest BCUT2D eigenvalue weighted by Gasteiger charge is 2.31. The van der Waals surface area contributed by atoms with Crippen LogP contribution in [-0.4, -0.2) is 29.1 Å². The highest BCUT2D eigenvalue weighted by molar-refractivity contribution is 5.82. The van der Waals surface area contributed by atoms with Crippen molar-refractivity contribution in [1.82, 2.24) is 5.32 Å². The molecular weight excluding hydrogens is 148 g/mol. The average Bonchev–Trinajstić information content (AvgIpc) is 2.33. The van der Waals surface area contributed by atoms with Gasteiger partial charge in [0.2, 0.25) is 5.91 Å². The summed E-state index contributed by atoms with van der Waals surface area (Å²) in [4.78, 5) is 20.9. The van der Waals surface area contributed by atoms with E-state index in [1.807, 2.05) is 0 Å². The first-order chi connectivity index (χ1) is 5.11. The van der Waals surface area contributed by atoms with Crippen LogP contribution in [0, 0.1) is 0 Å². The van der Waals surface area contributed by atoms with Gasteiger partial charge in [0.15, 0.2) is 0 Å². The number of carboxylic acids is 1. The van der Waals surface area contributed by atoms with Gasteiger partial charge in [0.25, 0.3) is 0 Å². The lowest BCUT2D eigenvalue weighted by Crippen LogP contribution is -2.42. The number of primary amides is 1. The molecule has 4 N–H and O–H groups in total. The van der Waals surface area contributed by atoms with Gasteiger partial charge in [-0.15, -0.1) is 0 Å². The summed E-state index contributed by atoms with van der Waals surface area (Å²) < 4.78 is 0. The molecule has 0 radical (unpaired) electrons. The minimum absolute atomic E-state index is 0.462. The van der Waals surface area contributed by atoms with Crippen molar-refractivity contribution >= 4 is 11.9 Å². The number of hydrogen-bond donors (Lipinski definition) is 3. The van der Waals surface area contributed by atoms with Crippen molar-refractivity contribution in [2.45, 2.75) is 24.9 Å². The second kappa shape index (κ2) is 2.87. The molecule has 5 heteroatoms. The van der Waals surface area contributed by atoms with Crippen LogP contribution in [0.25, 0.3) is 0 Å². The van der Waals surface area contributed by atoms with Gasteiger partial charge >= 0.3 is 5.97 Å². The van der Waals surface area contributed by atoms with Gasteiger partial charge in [-0.3, -0.25) is 14.9 Å². The summed E-state index contributed by atoms with van der Waals surface area (Å²) in [6, 6.07) is -1.07. The molecule has 0 spiro atoms. The van der Waals surface area contributed by atoms with Gasteiger partial charge in [0.05, 0.1) is 6.04 Å². The van der Waals surface area contributed by atoms with E-state index in [2.05, 4.69) is 5.32 Å². The van der Waals surface area contributed by atoms with Crippen LogP contribution in [0.1, 0.15) is 12.8 Å². The number of rotatable bonds is 2. The number of aliphatic carboxylic acids is 1. The van der Waals surface area contributed by atoms with Gasteiger partial charge in [-0.2, -0.15) is 0 Å². The normalized spacial score (nSPS) is 30.2. The zero-order chi connectivity index (χ0) is 8.43. The Morgan fingerprint density at radius 2 is 1.91 bits per heavy atom. The fourth-order valence-electron chi connectivity index (χ4n) is 1.16. The molecule has 1 heterocycles. The van der Waals surface area contributed by atoms with Crippen molar-refractivity contribution in [2.24, 2.45) is 5.73 Å². The standard InChI is InChI=1S/C6H10N2O3/c7-5(9)3-1-2-4(8-3)6(10)11/h3-4,8H,1-2H2,(H2,7,9)(H,10,11)/t3?,4-/m0/s1. The fourth-order valence-corrected chi connectivity index (χ4v) is 1.16. The molecule has 1 aliphatic rings. The third kappa shape index (κ3) is 1.68. The lowest BCUT2D eigenvalue weighted by atomic mass is 10.2. The van der Waals surface area contributed by atoms with Crippen LogP contribution in [-0.2, 0) is 9.59 Å². The number of carboxylic acid groups (broad SMARTS) is 1. The molecule has 0 aliphatic carbocycles. The van der Waals surface area contributed by atoms with E-state index in [9.17, 15) is 9.59 Å². The largest absolute Gasteiger partial charge is 0.480 e. The summed E-state index contributed by atoms with van der Waals surface area (Å²) in [7, 11) is 0. The molecule has 5 nitrogen and oxygen atoms in total. The molecule has 1 amide bonds. The lowest BCUT2D eigenvalue weighted by molar-refractivity contribution is -0.139. The van der Waals surface area contributed by atoms with Crippen molar-refractivity contribution in [2.75, 3.05) is 0 Å². The Labute approximate surface area is 63.6 Å². The average molecular weight is 158 g/mol. The maximum Gasteiger partial charge on any atom is 0.320 e. The van der Waals surface area contributed by atoms with Crippen molar-refractivity contribution in [3.8, 4) is 0 Å². The Morgan fingerprint density at radius 1 is 1.36 bits per heavy atom. The van der Waals surface area contributed by atoms with Crippen LogP contribution in [0.15, 0.2) is 0 Å². The molecule has 0 aromatic heterocycles. The van der Waals surface area contributed by atoms with Gasteiger partial charge in [-0.25, -0.2) is 0 Å². The van der Waals surface area contributed by atoms with E-state index in [4.69, 9.17) is 10.8 Å². The zero-order valence-electron chi connectivity index (χ0n) is 5.91. The minimum Gasteiger partial charge on any atom is -0.480 e. The maximum absolute atomic E-state index is 10.5. The highest BCUT2D eigenvalue weighted by atomic mass is 16.4. The van der Waals surface area contributed by atoms with Crippen molar-refractivity contribution in [1.29, 1.82) is 0 Å². The molecule has 62 valence electrons. The van der Waals surface area contributed by atoms with Crippen LogP contribution < -0.4 is 11.1 Å². The SMILES string of the molecule is NC(=O)C1CC[C@@H](C(=O)O)N1. The van der Waals surface area contributed by atoms with Crippen LogP contribution in [0.5, 0.6) is 0 Å². The predicted octanol–water partition coefficient (Wildman–Crippen LogP) is -1.32. The van der Waals surface area contributed by atoms with Gasteiger partial charge in [0.1, 0.15) is 6.04 Å². The molecule has 1 saturated heterocycles. The van der Waals surface area contributed by atoms with Crippen LogP contribution >= 0.6 is 0 Å². The quantitative estimate of drug-likeness (QED) is 0.464. The Morgan fingerprint density at radius 3 is 2.18 bits per heavy atom. The van der Waals surface area contributed by atoms with E-state index >= 15 is 0 Å². The molecule has 11 heavy (non-hydrogen) atoms. The Hall–Kier alpha value is -1.10. The molecular formula is C6H10N2O3. The number of nitrogens with one attached hydrogen (secondary N) is 1. The fraction of sp³-hybridized carbons (Fsp3) is 0.667. The second-order valence-corrected chi connectivity index (χ2v) is 2.59. The highest BCUT2D eigenvalue weighted by Crippen LogP contribution is 2.11. The maximum atomic E-state index is 10.5. The van der Waals surface area contributed by atoms with Gasteiger partial charge in [0, 0.05) is 0 Å². The third-order valence-corrected chi connectivity index (χ3v) is 1.79. The van der Waals surface area contributed by atoms with Crippen molar-refractivity contribution in [3.05, 3.63) is 0 Å². The first kappa shape index (κ1) is 8.00. The van der Waals surface area contributed by atoms with E-state index in [-0.39, 0.29) is 0 Å². The molecule has 0 saturated carbocycles. The number of hydrogen-bond acceptors (Lipinski definition) is 3. The molecule has 2 atom stereocenters. The molecule has 1 rings (SSSR count). The molecule has 0 aromatic rings. The summed E-state index contributed by atoms with van der Waals surface area (Å²) in [5.41, 5.74) is 4.97. The van der Waals surface area contributed by atoms with Gasteiger partial charge in [-0.1, -0.05) is 0 Å². The van der Waals surface area contributed by atoms with E-state index in [0.717, 1.165) is 0 Å². The number of carbonyl (C=O) groups excluding carboxylic acids is 1. The summed E-state index contributed by atoms with van der Waals surface area (Å²) >= 11 is 0. The Bertz CT molecular complexity index is 172. The van der Waals surface area contributed by atoms with Gasteiger partial charge in [-0.05, 0) is 12.8 Å². The van der Waals surface area contributed by atoms with Crippen LogP contribution in [0.2, 0.25) is 0 Å². The Kier molecular flexibility index (Phi) is 2.09. The molecule has 1 aliphatic heterocycles. The monoisotopic (exact) mass is 158 g/mol. The minimum atomic E-state index is -0.922. The summed E-state index contributed by atoms with van der Waals surface area (Å²) in [6.45, 7) is 0. The first-order valence-corrected chi connectivity index (χ1v) is 3.39. The lowest BCUT2D eigenvalue weighted by Gasteiger charge is -2.06. The van der Waals surface area contributed by atoms with E-state index in [0.29, 0.717) is 12.8 Å². The summed E-state index contributed by atoms with van der Waals surface area (Å²) in [6.07, 6.45) is 0.995. The van der Waals surface area contributed by atoms with Crippen LogP contribution in [0.3, 0.4) is 0 Å². The van der Waals surface area contributed by atoms with E-state index in [1.165, 1.54) is 0 Å². The molecule has 1 unspecified atom stereocenters. The number of carbonyl (C=O) groups is 2. The number of nitrogens with two attached hydrogens (primary N) is 1. The van der Waals surface area contributed by atoms with Crippen molar-refractivity contribution < 1.29 is 14.7 Å².